The lowest BCUT2D eigenvalue weighted by Gasteiger charge is -2.18. The van der Waals surface area contributed by atoms with Gasteiger partial charge in [0.05, 0.1) is 11.6 Å². The minimum Gasteiger partial charge on any atom is -0.326 e. The van der Waals surface area contributed by atoms with Gasteiger partial charge in [-0.25, -0.2) is 4.39 Å². The summed E-state index contributed by atoms with van der Waals surface area (Å²) in [6, 6.07) is 9.88. The molecule has 25 heavy (non-hydrogen) atoms. The quantitative estimate of drug-likeness (QED) is 0.896. The Morgan fingerprint density at radius 2 is 2.00 bits per heavy atom. The summed E-state index contributed by atoms with van der Waals surface area (Å²) < 4.78 is 14.1. The van der Waals surface area contributed by atoms with E-state index in [4.69, 9.17) is 11.6 Å². The molecule has 1 N–H and O–H groups in total. The van der Waals surface area contributed by atoms with Crippen molar-refractivity contribution >= 4 is 34.8 Å². The zero-order valence-electron chi connectivity index (χ0n) is 14.0. The summed E-state index contributed by atoms with van der Waals surface area (Å²) in [4.78, 5) is 26.1. The van der Waals surface area contributed by atoms with Crippen molar-refractivity contribution in [3.63, 3.8) is 0 Å². The Morgan fingerprint density at radius 1 is 1.24 bits per heavy atom. The zero-order valence-corrected chi connectivity index (χ0v) is 14.7. The van der Waals surface area contributed by atoms with E-state index in [1.807, 2.05) is 6.92 Å². The van der Waals surface area contributed by atoms with E-state index in [9.17, 15) is 14.0 Å². The van der Waals surface area contributed by atoms with Gasteiger partial charge in [-0.3, -0.25) is 9.59 Å². The van der Waals surface area contributed by atoms with E-state index in [2.05, 4.69) is 5.32 Å². The number of halogens is 2. The lowest BCUT2D eigenvalue weighted by Crippen LogP contribution is -2.28. The van der Waals surface area contributed by atoms with E-state index in [0.717, 1.165) is 11.1 Å². The number of carbonyl (C=O) groups excluding carboxylic acids is 2. The Labute approximate surface area is 150 Å². The van der Waals surface area contributed by atoms with Crippen LogP contribution >= 0.6 is 11.6 Å². The normalized spacial score (nSPS) is 17.0. The third-order valence-electron chi connectivity index (χ3n) is 4.34. The van der Waals surface area contributed by atoms with Gasteiger partial charge in [-0.05, 0) is 55.3 Å². The highest BCUT2D eigenvalue weighted by Crippen LogP contribution is 2.29. The Kier molecular flexibility index (Phi) is 4.77. The molecule has 6 heteroatoms. The van der Waals surface area contributed by atoms with Crippen molar-refractivity contribution in [2.24, 2.45) is 5.92 Å². The third kappa shape index (κ3) is 3.66. The van der Waals surface area contributed by atoms with E-state index >= 15 is 0 Å². The fourth-order valence-electron chi connectivity index (χ4n) is 2.95. The summed E-state index contributed by atoms with van der Waals surface area (Å²) in [6.07, 6.45) is 0.0613. The van der Waals surface area contributed by atoms with E-state index in [-0.39, 0.29) is 30.5 Å². The molecule has 3 rings (SSSR count). The predicted octanol–water partition coefficient (Wildman–Crippen LogP) is 4.09. The largest absolute Gasteiger partial charge is 0.326 e. The molecule has 2 aromatic rings. The maximum absolute atomic E-state index is 14.1. The molecule has 0 saturated carbocycles. The highest BCUT2D eigenvalue weighted by Gasteiger charge is 2.36. The van der Waals surface area contributed by atoms with Gasteiger partial charge in [0.25, 0.3) is 0 Å². The van der Waals surface area contributed by atoms with Gasteiger partial charge in [0.2, 0.25) is 11.8 Å². The Bertz CT molecular complexity index is 853. The minimum atomic E-state index is -0.525. The highest BCUT2D eigenvalue weighted by molar-refractivity contribution is 6.30. The van der Waals surface area contributed by atoms with Crippen molar-refractivity contribution < 1.29 is 14.0 Å². The molecule has 0 radical (unpaired) electrons. The van der Waals surface area contributed by atoms with Crippen LogP contribution in [0, 0.1) is 25.6 Å². The van der Waals surface area contributed by atoms with E-state index < -0.39 is 11.7 Å². The summed E-state index contributed by atoms with van der Waals surface area (Å²) in [7, 11) is 0. The average molecular weight is 361 g/mol. The molecule has 1 saturated heterocycles. The number of nitrogens with one attached hydrogen (secondary N) is 1. The van der Waals surface area contributed by atoms with Crippen molar-refractivity contribution in [2.75, 3.05) is 16.8 Å². The molecule has 0 bridgehead atoms. The number of anilines is 2. The van der Waals surface area contributed by atoms with Gasteiger partial charge in [0.1, 0.15) is 5.82 Å². The number of amides is 2. The number of nitrogens with zero attached hydrogens (tertiary/aromatic N) is 1. The number of hydrogen-bond donors (Lipinski definition) is 1. The van der Waals surface area contributed by atoms with Crippen LogP contribution in [-0.2, 0) is 9.59 Å². The topological polar surface area (TPSA) is 49.4 Å². The first-order valence-corrected chi connectivity index (χ1v) is 8.36. The SMILES string of the molecule is Cc1ccc(N2CC(C(=O)Nc3ccc(Cl)cc3C)CC2=O)c(F)c1. The van der Waals surface area contributed by atoms with Crippen LogP contribution in [-0.4, -0.2) is 18.4 Å². The summed E-state index contributed by atoms with van der Waals surface area (Å²) in [5.41, 5.74) is 2.49. The zero-order chi connectivity index (χ0) is 18.1. The van der Waals surface area contributed by atoms with E-state index in [1.165, 1.54) is 11.0 Å². The molecule has 1 atom stereocenters. The number of rotatable bonds is 3. The molecular formula is C19H18ClFN2O2. The Morgan fingerprint density at radius 3 is 2.68 bits per heavy atom. The van der Waals surface area contributed by atoms with Crippen molar-refractivity contribution in [3.05, 3.63) is 58.4 Å². The minimum absolute atomic E-state index is 0.0613. The van der Waals surface area contributed by atoms with Crippen LogP contribution in [0.5, 0.6) is 0 Å². The van der Waals surface area contributed by atoms with Gasteiger partial charge in [-0.2, -0.15) is 0 Å². The number of aryl methyl sites for hydroxylation is 2. The Balaban J connectivity index is 1.74. The lowest BCUT2D eigenvalue weighted by molar-refractivity contribution is -0.122. The highest BCUT2D eigenvalue weighted by atomic mass is 35.5. The number of carbonyl (C=O) groups is 2. The molecule has 2 aromatic carbocycles. The second-order valence-electron chi connectivity index (χ2n) is 6.31. The van der Waals surface area contributed by atoms with Crippen molar-refractivity contribution in [2.45, 2.75) is 20.3 Å². The Hall–Kier alpha value is -2.40. The summed E-state index contributed by atoms with van der Waals surface area (Å²) in [5, 5.41) is 3.42. The second kappa shape index (κ2) is 6.84. The van der Waals surface area contributed by atoms with Crippen molar-refractivity contribution in [1.82, 2.24) is 0 Å². The van der Waals surface area contributed by atoms with Crippen LogP contribution in [0.1, 0.15) is 17.5 Å². The molecule has 0 spiro atoms. The van der Waals surface area contributed by atoms with Gasteiger partial charge >= 0.3 is 0 Å². The second-order valence-corrected chi connectivity index (χ2v) is 6.75. The summed E-state index contributed by atoms with van der Waals surface area (Å²) >= 11 is 5.91. The van der Waals surface area contributed by atoms with Crippen molar-refractivity contribution in [3.8, 4) is 0 Å². The summed E-state index contributed by atoms with van der Waals surface area (Å²) in [5.74, 6) is -1.49. The van der Waals surface area contributed by atoms with Crippen LogP contribution in [0.15, 0.2) is 36.4 Å². The fraction of sp³-hybridized carbons (Fsp3) is 0.263. The monoisotopic (exact) mass is 360 g/mol. The number of benzene rings is 2. The molecule has 1 heterocycles. The summed E-state index contributed by atoms with van der Waals surface area (Å²) in [6.45, 7) is 3.79. The molecule has 1 aliphatic heterocycles. The van der Waals surface area contributed by atoms with E-state index in [1.54, 1.807) is 37.3 Å². The first-order chi connectivity index (χ1) is 11.8. The molecular weight excluding hydrogens is 343 g/mol. The van der Waals surface area contributed by atoms with Gasteiger partial charge in [-0.15, -0.1) is 0 Å². The smallest absolute Gasteiger partial charge is 0.229 e. The molecule has 1 aliphatic rings. The van der Waals surface area contributed by atoms with Crippen LogP contribution in [0.2, 0.25) is 5.02 Å². The maximum Gasteiger partial charge on any atom is 0.229 e. The molecule has 1 unspecified atom stereocenters. The fourth-order valence-corrected chi connectivity index (χ4v) is 3.18. The third-order valence-corrected chi connectivity index (χ3v) is 4.57. The standard InChI is InChI=1S/C19H18ClFN2O2/c1-11-3-6-17(15(21)7-11)23-10-13(9-18(23)24)19(25)22-16-5-4-14(20)8-12(16)2/h3-8,13H,9-10H2,1-2H3,(H,22,25). The maximum atomic E-state index is 14.1. The van der Waals surface area contributed by atoms with Crippen LogP contribution in [0.4, 0.5) is 15.8 Å². The van der Waals surface area contributed by atoms with Crippen LogP contribution < -0.4 is 10.2 Å². The average Bonchev–Trinajstić information content (AvgIpc) is 2.92. The predicted molar refractivity (Wildman–Crippen MR) is 96.4 cm³/mol. The molecule has 130 valence electrons. The van der Waals surface area contributed by atoms with Gasteiger partial charge in [0.15, 0.2) is 0 Å². The van der Waals surface area contributed by atoms with Crippen LogP contribution in [0.25, 0.3) is 0 Å². The van der Waals surface area contributed by atoms with Crippen molar-refractivity contribution in [1.29, 1.82) is 0 Å². The van der Waals surface area contributed by atoms with Gasteiger partial charge in [-0.1, -0.05) is 17.7 Å². The van der Waals surface area contributed by atoms with Gasteiger partial charge in [0, 0.05) is 23.7 Å². The first kappa shape index (κ1) is 17.4. The molecule has 0 aromatic heterocycles. The lowest BCUT2D eigenvalue weighted by atomic mass is 10.1. The molecule has 0 aliphatic carbocycles. The number of hydrogen-bond acceptors (Lipinski definition) is 2. The molecule has 4 nitrogen and oxygen atoms in total. The molecule has 1 fully saturated rings. The molecule has 2 amide bonds. The first-order valence-electron chi connectivity index (χ1n) is 7.98. The van der Waals surface area contributed by atoms with E-state index in [0.29, 0.717) is 10.7 Å². The van der Waals surface area contributed by atoms with Crippen LogP contribution in [0.3, 0.4) is 0 Å². The van der Waals surface area contributed by atoms with Gasteiger partial charge < -0.3 is 10.2 Å².